The van der Waals surface area contributed by atoms with Gasteiger partial charge < -0.3 is 9.67 Å². The van der Waals surface area contributed by atoms with Crippen LogP contribution in [0.5, 0.6) is 0 Å². The quantitative estimate of drug-likeness (QED) is 0.706. The summed E-state index contributed by atoms with van der Waals surface area (Å²) >= 11 is 0. The second-order valence-electron chi connectivity index (χ2n) is 3.96. The zero-order valence-electron chi connectivity index (χ0n) is 8.25. The highest BCUT2D eigenvalue weighted by Gasteiger charge is 2.20. The molecular formula is C10H16N2O. The van der Waals surface area contributed by atoms with Gasteiger partial charge in [0.2, 0.25) is 0 Å². The maximum absolute atomic E-state index is 9.12. The minimum Gasteiger partial charge on any atom is -0.390 e. The van der Waals surface area contributed by atoms with E-state index in [0.29, 0.717) is 0 Å². The lowest BCUT2D eigenvalue weighted by Gasteiger charge is -2.21. The Labute approximate surface area is 78.4 Å². The van der Waals surface area contributed by atoms with Crippen molar-refractivity contribution in [2.24, 2.45) is 5.92 Å². The normalized spacial score (nSPS) is 21.6. The fourth-order valence-corrected chi connectivity index (χ4v) is 2.10. The Balaban J connectivity index is 2.43. The number of aliphatic hydroxyl groups is 1. The van der Waals surface area contributed by atoms with Crippen molar-refractivity contribution in [3.63, 3.8) is 0 Å². The molecule has 0 bridgehead atoms. The van der Waals surface area contributed by atoms with Crippen molar-refractivity contribution in [1.29, 1.82) is 0 Å². The summed E-state index contributed by atoms with van der Waals surface area (Å²) in [4.78, 5) is 4.36. The molecule has 3 nitrogen and oxygen atoms in total. The lowest BCUT2D eigenvalue weighted by Crippen LogP contribution is -2.18. The van der Waals surface area contributed by atoms with E-state index in [0.717, 1.165) is 30.4 Å². The van der Waals surface area contributed by atoms with Crippen molar-refractivity contribution in [1.82, 2.24) is 9.55 Å². The molecule has 0 aromatic carbocycles. The molecule has 1 aliphatic rings. The number of rotatable bonds is 1. The van der Waals surface area contributed by atoms with Crippen LogP contribution in [0.4, 0.5) is 0 Å². The molecule has 3 heteroatoms. The standard InChI is InChI=1S/C10H16N2O/c1-7-3-4-12-8(2)11-9(6-13)10(12)5-7/h7,13H,3-6H2,1-2H3. The summed E-state index contributed by atoms with van der Waals surface area (Å²) in [6, 6.07) is 0. The van der Waals surface area contributed by atoms with Gasteiger partial charge in [0.05, 0.1) is 12.3 Å². The fraction of sp³-hybridized carbons (Fsp3) is 0.700. The smallest absolute Gasteiger partial charge is 0.106 e. The van der Waals surface area contributed by atoms with Crippen LogP contribution in [0.25, 0.3) is 0 Å². The molecule has 1 N–H and O–H groups in total. The Morgan fingerprint density at radius 1 is 1.62 bits per heavy atom. The zero-order chi connectivity index (χ0) is 9.42. The van der Waals surface area contributed by atoms with E-state index in [1.165, 1.54) is 12.1 Å². The van der Waals surface area contributed by atoms with Gasteiger partial charge in [0.25, 0.3) is 0 Å². The molecule has 13 heavy (non-hydrogen) atoms. The zero-order valence-corrected chi connectivity index (χ0v) is 8.25. The van der Waals surface area contributed by atoms with Gasteiger partial charge in [-0.1, -0.05) is 6.92 Å². The van der Waals surface area contributed by atoms with Crippen LogP contribution in [0.3, 0.4) is 0 Å². The van der Waals surface area contributed by atoms with Gasteiger partial charge in [0.1, 0.15) is 5.82 Å². The lowest BCUT2D eigenvalue weighted by molar-refractivity contribution is 0.273. The highest BCUT2D eigenvalue weighted by Crippen LogP contribution is 2.24. The van der Waals surface area contributed by atoms with Crippen molar-refractivity contribution < 1.29 is 5.11 Å². The summed E-state index contributed by atoms with van der Waals surface area (Å²) < 4.78 is 2.24. The molecule has 0 saturated carbocycles. The first kappa shape index (κ1) is 8.75. The van der Waals surface area contributed by atoms with Gasteiger partial charge in [0, 0.05) is 12.2 Å². The molecule has 1 atom stereocenters. The van der Waals surface area contributed by atoms with Crippen molar-refractivity contribution in [3.8, 4) is 0 Å². The summed E-state index contributed by atoms with van der Waals surface area (Å²) in [6.45, 7) is 5.41. The van der Waals surface area contributed by atoms with E-state index in [1.807, 2.05) is 6.92 Å². The van der Waals surface area contributed by atoms with E-state index >= 15 is 0 Å². The molecule has 0 aliphatic carbocycles. The number of nitrogens with zero attached hydrogens (tertiary/aromatic N) is 2. The molecule has 2 rings (SSSR count). The van der Waals surface area contributed by atoms with E-state index in [2.05, 4.69) is 16.5 Å². The third-order valence-corrected chi connectivity index (χ3v) is 2.88. The summed E-state index contributed by atoms with van der Waals surface area (Å²) in [5.74, 6) is 1.78. The number of hydrogen-bond acceptors (Lipinski definition) is 2. The second-order valence-corrected chi connectivity index (χ2v) is 3.96. The molecule has 72 valence electrons. The SMILES string of the molecule is Cc1nc(CO)c2n1CCC(C)C2. The van der Waals surface area contributed by atoms with Crippen LogP contribution in [-0.2, 0) is 19.6 Å². The molecule has 1 aliphatic heterocycles. The number of aromatic nitrogens is 2. The average Bonchev–Trinajstić information content (AvgIpc) is 2.42. The van der Waals surface area contributed by atoms with E-state index in [4.69, 9.17) is 5.11 Å². The topological polar surface area (TPSA) is 38.1 Å². The van der Waals surface area contributed by atoms with Gasteiger partial charge >= 0.3 is 0 Å². The first-order valence-corrected chi connectivity index (χ1v) is 4.88. The summed E-state index contributed by atoms with van der Waals surface area (Å²) in [5.41, 5.74) is 2.13. The van der Waals surface area contributed by atoms with E-state index in [-0.39, 0.29) is 6.61 Å². The van der Waals surface area contributed by atoms with Gasteiger partial charge in [-0.15, -0.1) is 0 Å². The Kier molecular flexibility index (Phi) is 2.12. The minimum absolute atomic E-state index is 0.0793. The number of imidazole rings is 1. The largest absolute Gasteiger partial charge is 0.390 e. The van der Waals surface area contributed by atoms with Gasteiger partial charge in [-0.25, -0.2) is 4.98 Å². The van der Waals surface area contributed by atoms with Gasteiger partial charge in [-0.05, 0) is 25.7 Å². The van der Waals surface area contributed by atoms with Crippen LogP contribution in [-0.4, -0.2) is 14.7 Å². The molecule has 0 saturated heterocycles. The highest BCUT2D eigenvalue weighted by atomic mass is 16.3. The van der Waals surface area contributed by atoms with Crippen LogP contribution >= 0.6 is 0 Å². The Bertz CT molecular complexity index is 317. The maximum atomic E-state index is 9.12. The van der Waals surface area contributed by atoms with Crippen LogP contribution in [0.1, 0.15) is 30.6 Å². The van der Waals surface area contributed by atoms with E-state index in [9.17, 15) is 0 Å². The van der Waals surface area contributed by atoms with Crippen LogP contribution in [0, 0.1) is 12.8 Å². The van der Waals surface area contributed by atoms with Crippen molar-refractivity contribution in [2.75, 3.05) is 0 Å². The average molecular weight is 180 g/mol. The molecule has 2 heterocycles. The number of fused-ring (bicyclic) bond motifs is 1. The molecule has 0 fully saturated rings. The Hall–Kier alpha value is -0.830. The van der Waals surface area contributed by atoms with Crippen LogP contribution in [0.2, 0.25) is 0 Å². The fourth-order valence-electron chi connectivity index (χ4n) is 2.10. The molecule has 1 aromatic heterocycles. The van der Waals surface area contributed by atoms with Gasteiger partial charge in [-0.3, -0.25) is 0 Å². The number of aliphatic hydroxyl groups excluding tert-OH is 1. The predicted octanol–water partition coefficient (Wildman–Crippen LogP) is 1.27. The third-order valence-electron chi connectivity index (χ3n) is 2.88. The number of aryl methyl sites for hydroxylation is 1. The first-order chi connectivity index (χ1) is 6.22. The number of hydrogen-bond donors (Lipinski definition) is 1. The lowest BCUT2D eigenvalue weighted by atomic mass is 9.97. The van der Waals surface area contributed by atoms with Crippen molar-refractivity contribution >= 4 is 0 Å². The minimum atomic E-state index is 0.0793. The third kappa shape index (κ3) is 1.37. The summed E-state index contributed by atoms with van der Waals surface area (Å²) in [7, 11) is 0. The molecule has 1 unspecified atom stereocenters. The van der Waals surface area contributed by atoms with Crippen molar-refractivity contribution in [2.45, 2.75) is 39.8 Å². The molecule has 0 spiro atoms. The van der Waals surface area contributed by atoms with Crippen molar-refractivity contribution in [3.05, 3.63) is 17.2 Å². The monoisotopic (exact) mass is 180 g/mol. The van der Waals surface area contributed by atoms with Crippen LogP contribution < -0.4 is 0 Å². The maximum Gasteiger partial charge on any atom is 0.106 e. The molecule has 1 aromatic rings. The van der Waals surface area contributed by atoms with Gasteiger partial charge in [0.15, 0.2) is 0 Å². The van der Waals surface area contributed by atoms with E-state index in [1.54, 1.807) is 0 Å². The molecule has 0 radical (unpaired) electrons. The predicted molar refractivity (Wildman–Crippen MR) is 50.4 cm³/mol. The molecule has 0 amide bonds. The Morgan fingerprint density at radius 3 is 3.08 bits per heavy atom. The van der Waals surface area contributed by atoms with E-state index < -0.39 is 0 Å². The summed E-state index contributed by atoms with van der Waals surface area (Å²) in [6.07, 6.45) is 2.30. The molecular weight excluding hydrogens is 164 g/mol. The highest BCUT2D eigenvalue weighted by molar-refractivity contribution is 5.18. The van der Waals surface area contributed by atoms with Gasteiger partial charge in [-0.2, -0.15) is 0 Å². The second kappa shape index (κ2) is 3.14. The Morgan fingerprint density at radius 2 is 2.38 bits per heavy atom. The van der Waals surface area contributed by atoms with Crippen LogP contribution in [0.15, 0.2) is 0 Å². The summed E-state index contributed by atoms with van der Waals surface area (Å²) in [5, 5.41) is 9.12. The first-order valence-electron chi connectivity index (χ1n) is 4.88.